The van der Waals surface area contributed by atoms with Crippen molar-refractivity contribution in [3.63, 3.8) is 0 Å². The number of halogens is 2. The molecule has 17 heavy (non-hydrogen) atoms. The second-order valence-electron chi connectivity index (χ2n) is 4.17. The van der Waals surface area contributed by atoms with Crippen molar-refractivity contribution < 1.29 is 4.39 Å². The van der Waals surface area contributed by atoms with E-state index in [4.69, 9.17) is 5.73 Å². The van der Waals surface area contributed by atoms with Crippen molar-refractivity contribution in [2.45, 2.75) is 19.3 Å². The van der Waals surface area contributed by atoms with Gasteiger partial charge >= 0.3 is 0 Å². The van der Waals surface area contributed by atoms with E-state index < -0.39 is 0 Å². The maximum Gasteiger partial charge on any atom is 0.149 e. The van der Waals surface area contributed by atoms with Crippen molar-refractivity contribution in [1.82, 2.24) is 9.78 Å². The Kier molecular flexibility index (Phi) is 2.43. The fraction of sp³-hybridized carbons (Fsp3) is 0.250. The summed E-state index contributed by atoms with van der Waals surface area (Å²) in [5.74, 6) is 0.323. The highest BCUT2D eigenvalue weighted by atomic mass is 79.9. The molecule has 1 aromatic heterocycles. The monoisotopic (exact) mass is 295 g/mol. The van der Waals surface area contributed by atoms with Crippen LogP contribution in [0.2, 0.25) is 0 Å². The molecule has 2 aromatic rings. The quantitative estimate of drug-likeness (QED) is 0.879. The van der Waals surface area contributed by atoms with Crippen molar-refractivity contribution in [2.24, 2.45) is 0 Å². The zero-order valence-electron chi connectivity index (χ0n) is 9.08. The number of anilines is 1. The van der Waals surface area contributed by atoms with Gasteiger partial charge in [0.2, 0.25) is 0 Å². The zero-order valence-corrected chi connectivity index (χ0v) is 10.7. The number of hydrogen-bond acceptors (Lipinski definition) is 2. The molecule has 0 unspecified atom stereocenters. The van der Waals surface area contributed by atoms with Gasteiger partial charge in [-0.3, -0.25) is 0 Å². The predicted octanol–water partition coefficient (Wildman–Crippen LogP) is 2.84. The van der Waals surface area contributed by atoms with Crippen LogP contribution in [0.3, 0.4) is 0 Å². The number of nitrogen functional groups attached to an aromatic ring is 1. The molecule has 1 aliphatic rings. The molecule has 3 nitrogen and oxygen atoms in total. The van der Waals surface area contributed by atoms with E-state index in [1.807, 2.05) is 4.68 Å². The van der Waals surface area contributed by atoms with Crippen molar-refractivity contribution in [2.75, 3.05) is 5.73 Å². The van der Waals surface area contributed by atoms with Gasteiger partial charge in [-0.05, 0) is 53.4 Å². The van der Waals surface area contributed by atoms with Crippen LogP contribution in [0, 0.1) is 5.82 Å². The van der Waals surface area contributed by atoms with Gasteiger partial charge in [-0.1, -0.05) is 0 Å². The van der Waals surface area contributed by atoms with Gasteiger partial charge < -0.3 is 5.73 Å². The van der Waals surface area contributed by atoms with Crippen LogP contribution >= 0.6 is 15.9 Å². The van der Waals surface area contributed by atoms with Gasteiger partial charge in [-0.15, -0.1) is 0 Å². The molecule has 0 saturated heterocycles. The van der Waals surface area contributed by atoms with Crippen LogP contribution in [0.4, 0.5) is 10.2 Å². The van der Waals surface area contributed by atoms with E-state index in [0.717, 1.165) is 36.2 Å². The van der Waals surface area contributed by atoms with E-state index in [1.54, 1.807) is 12.1 Å². The lowest BCUT2D eigenvalue weighted by Crippen LogP contribution is -2.02. The van der Waals surface area contributed by atoms with E-state index in [2.05, 4.69) is 21.0 Å². The molecule has 0 amide bonds. The third-order valence-corrected chi connectivity index (χ3v) is 3.72. The molecule has 2 N–H and O–H groups in total. The Morgan fingerprint density at radius 2 is 2.18 bits per heavy atom. The fourth-order valence-electron chi connectivity index (χ4n) is 2.30. The van der Waals surface area contributed by atoms with Crippen LogP contribution in [0.1, 0.15) is 17.7 Å². The molecule has 0 radical (unpaired) electrons. The Morgan fingerprint density at radius 3 is 2.94 bits per heavy atom. The Bertz CT molecular complexity index is 592. The lowest BCUT2D eigenvalue weighted by Gasteiger charge is -2.06. The Morgan fingerprint density at radius 1 is 1.35 bits per heavy atom. The molecular formula is C12H11BrFN3. The number of nitrogens with two attached hydrogens (primary N) is 1. The first-order valence-corrected chi connectivity index (χ1v) is 6.28. The number of aromatic nitrogens is 2. The second kappa shape index (κ2) is 3.84. The molecule has 1 aromatic carbocycles. The summed E-state index contributed by atoms with van der Waals surface area (Å²) in [4.78, 5) is 0. The minimum absolute atomic E-state index is 0.273. The molecule has 0 fully saturated rings. The van der Waals surface area contributed by atoms with E-state index in [1.165, 1.54) is 6.07 Å². The topological polar surface area (TPSA) is 43.8 Å². The molecule has 88 valence electrons. The molecule has 0 spiro atoms. The first kappa shape index (κ1) is 10.8. The van der Waals surface area contributed by atoms with Crippen molar-refractivity contribution in [3.8, 4) is 5.69 Å². The van der Waals surface area contributed by atoms with Gasteiger partial charge in [0.1, 0.15) is 11.6 Å². The standard InChI is InChI=1S/C12H11BrFN3/c13-9-6-7(4-5-10(9)14)17-11-3-1-2-8(11)12(15)16-17/h4-6H,1-3H2,(H2,15,16). The lowest BCUT2D eigenvalue weighted by molar-refractivity contribution is 0.620. The number of rotatable bonds is 1. The van der Waals surface area contributed by atoms with Gasteiger partial charge in [0.05, 0.1) is 10.2 Å². The molecular weight excluding hydrogens is 285 g/mol. The molecule has 5 heteroatoms. The predicted molar refractivity (Wildman–Crippen MR) is 67.7 cm³/mol. The summed E-state index contributed by atoms with van der Waals surface area (Å²) >= 11 is 3.18. The van der Waals surface area contributed by atoms with Gasteiger partial charge in [0.15, 0.2) is 0 Å². The van der Waals surface area contributed by atoms with E-state index >= 15 is 0 Å². The minimum atomic E-state index is -0.273. The zero-order chi connectivity index (χ0) is 12.0. The summed E-state index contributed by atoms with van der Waals surface area (Å²) in [5, 5.41) is 4.32. The number of benzene rings is 1. The molecule has 0 saturated carbocycles. The van der Waals surface area contributed by atoms with Crippen LogP contribution in [0.15, 0.2) is 22.7 Å². The fourth-order valence-corrected chi connectivity index (χ4v) is 2.66. The van der Waals surface area contributed by atoms with Gasteiger partial charge in [-0.25, -0.2) is 9.07 Å². The number of hydrogen-bond donors (Lipinski definition) is 1. The van der Waals surface area contributed by atoms with Crippen LogP contribution in [0.25, 0.3) is 5.69 Å². The van der Waals surface area contributed by atoms with E-state index in [-0.39, 0.29) is 5.82 Å². The van der Waals surface area contributed by atoms with Gasteiger partial charge in [0.25, 0.3) is 0 Å². The highest BCUT2D eigenvalue weighted by molar-refractivity contribution is 9.10. The lowest BCUT2D eigenvalue weighted by atomic mass is 10.2. The highest BCUT2D eigenvalue weighted by Crippen LogP contribution is 2.30. The summed E-state index contributed by atoms with van der Waals surface area (Å²) in [5.41, 5.74) is 9.02. The van der Waals surface area contributed by atoms with Crippen molar-refractivity contribution in [3.05, 3.63) is 39.7 Å². The maximum atomic E-state index is 13.2. The smallest absolute Gasteiger partial charge is 0.149 e. The molecule has 1 heterocycles. The number of nitrogens with zero attached hydrogens (tertiary/aromatic N) is 2. The highest BCUT2D eigenvalue weighted by Gasteiger charge is 2.21. The summed E-state index contributed by atoms with van der Waals surface area (Å²) in [6, 6.07) is 4.87. The minimum Gasteiger partial charge on any atom is -0.382 e. The van der Waals surface area contributed by atoms with Crippen molar-refractivity contribution in [1.29, 1.82) is 0 Å². The Labute approximate surface area is 107 Å². The van der Waals surface area contributed by atoms with Gasteiger partial charge in [-0.2, -0.15) is 5.10 Å². The molecule has 1 aliphatic carbocycles. The van der Waals surface area contributed by atoms with Crippen molar-refractivity contribution >= 4 is 21.7 Å². The normalized spacial score (nSPS) is 14.0. The van der Waals surface area contributed by atoms with Crippen LogP contribution in [-0.2, 0) is 12.8 Å². The Hall–Kier alpha value is -1.36. The first-order chi connectivity index (χ1) is 8.16. The average molecular weight is 296 g/mol. The Balaban J connectivity index is 2.15. The van der Waals surface area contributed by atoms with Crippen LogP contribution < -0.4 is 5.73 Å². The first-order valence-electron chi connectivity index (χ1n) is 5.48. The summed E-state index contributed by atoms with van der Waals surface area (Å²) < 4.78 is 15.5. The SMILES string of the molecule is Nc1nn(-c2ccc(F)c(Br)c2)c2c1CCC2. The molecule has 0 atom stereocenters. The molecule has 0 bridgehead atoms. The second-order valence-corrected chi connectivity index (χ2v) is 5.03. The maximum absolute atomic E-state index is 13.2. The molecule has 0 aliphatic heterocycles. The van der Waals surface area contributed by atoms with E-state index in [9.17, 15) is 4.39 Å². The van der Waals surface area contributed by atoms with Crippen LogP contribution in [0.5, 0.6) is 0 Å². The average Bonchev–Trinajstić information content (AvgIpc) is 2.87. The largest absolute Gasteiger partial charge is 0.382 e. The third-order valence-electron chi connectivity index (χ3n) is 3.11. The van der Waals surface area contributed by atoms with Crippen LogP contribution in [-0.4, -0.2) is 9.78 Å². The third kappa shape index (κ3) is 1.65. The number of fused-ring (bicyclic) bond motifs is 1. The summed E-state index contributed by atoms with van der Waals surface area (Å²) in [6.07, 6.45) is 3.08. The molecule has 3 rings (SSSR count). The van der Waals surface area contributed by atoms with E-state index in [0.29, 0.717) is 10.3 Å². The summed E-state index contributed by atoms with van der Waals surface area (Å²) in [6.45, 7) is 0. The van der Waals surface area contributed by atoms with Gasteiger partial charge in [0, 0.05) is 11.3 Å². The summed E-state index contributed by atoms with van der Waals surface area (Å²) in [7, 11) is 0.